The molecule has 0 unspecified atom stereocenters. The molecule has 1 heterocycles. The van der Waals surface area contributed by atoms with E-state index in [0.29, 0.717) is 12.8 Å². The maximum Gasteiger partial charge on any atom is 0.270 e. The summed E-state index contributed by atoms with van der Waals surface area (Å²) in [6, 6.07) is 5.09. The average molecular weight is 475 g/mol. The number of hydrogen-bond donors (Lipinski definition) is 1. The van der Waals surface area contributed by atoms with Crippen LogP contribution in [0.3, 0.4) is 0 Å². The van der Waals surface area contributed by atoms with Gasteiger partial charge in [0.2, 0.25) is 0 Å². The highest BCUT2D eigenvalue weighted by Crippen LogP contribution is 2.42. The summed E-state index contributed by atoms with van der Waals surface area (Å²) < 4.78 is 0. The molecule has 0 radical (unpaired) electrons. The van der Waals surface area contributed by atoms with Gasteiger partial charge in [-0.1, -0.05) is 37.9 Å². The predicted molar refractivity (Wildman–Crippen MR) is 94.1 cm³/mol. The van der Waals surface area contributed by atoms with Crippen LogP contribution in [0.2, 0.25) is 0 Å². The molecule has 1 aromatic carbocycles. The number of nitrogens with one attached hydrogen (secondary N) is 1. The van der Waals surface area contributed by atoms with E-state index in [1.807, 2.05) is 0 Å². The molecule has 1 N–H and O–H groups in total. The maximum absolute atomic E-state index is 12.5. The molecule has 1 aromatic rings. The van der Waals surface area contributed by atoms with Crippen molar-refractivity contribution >= 4 is 55.3 Å². The van der Waals surface area contributed by atoms with E-state index in [1.54, 1.807) is 0 Å². The van der Waals surface area contributed by atoms with Crippen molar-refractivity contribution in [1.82, 2.24) is 10.4 Å². The van der Waals surface area contributed by atoms with Crippen LogP contribution in [0.4, 0.5) is 5.69 Å². The van der Waals surface area contributed by atoms with Gasteiger partial charge in [0.25, 0.3) is 23.4 Å². The Bertz CT molecular complexity index is 743. The minimum absolute atomic E-state index is 0.00130. The van der Waals surface area contributed by atoms with Crippen molar-refractivity contribution in [2.24, 2.45) is 11.8 Å². The van der Waals surface area contributed by atoms with Crippen molar-refractivity contribution in [1.29, 1.82) is 0 Å². The molecule has 0 bridgehead atoms. The lowest BCUT2D eigenvalue weighted by Crippen LogP contribution is -2.46. The van der Waals surface area contributed by atoms with Gasteiger partial charge in [-0.05, 0) is 18.9 Å². The fourth-order valence-corrected chi connectivity index (χ4v) is 4.37. The minimum Gasteiger partial charge on any atom is -0.272 e. The molecular weight excluding hydrogens is 462 g/mol. The fourth-order valence-electron chi connectivity index (χ4n) is 3.13. The van der Waals surface area contributed by atoms with Crippen molar-refractivity contribution in [3.05, 3.63) is 39.9 Å². The van der Waals surface area contributed by atoms with Crippen molar-refractivity contribution in [2.45, 2.75) is 22.5 Å². The molecule has 8 nitrogen and oxygen atoms in total. The first kappa shape index (κ1) is 18.0. The zero-order valence-corrected chi connectivity index (χ0v) is 15.9. The smallest absolute Gasteiger partial charge is 0.270 e. The van der Waals surface area contributed by atoms with E-state index >= 15 is 0 Å². The lowest BCUT2D eigenvalue weighted by atomic mass is 9.81. The molecule has 1 saturated heterocycles. The lowest BCUT2D eigenvalue weighted by Gasteiger charge is -2.29. The number of non-ortho nitro benzene ring substituents is 1. The molecule has 0 aromatic heterocycles. The number of carbonyl (C=O) groups excluding carboxylic acids is 3. The quantitative estimate of drug-likeness (QED) is 0.312. The van der Waals surface area contributed by atoms with Gasteiger partial charge in [0.15, 0.2) is 0 Å². The Hall–Kier alpha value is -1.81. The van der Waals surface area contributed by atoms with Gasteiger partial charge in [-0.25, -0.2) is 0 Å². The Labute approximate surface area is 159 Å². The number of fused-ring (bicyclic) bond motifs is 1. The predicted octanol–water partition coefficient (Wildman–Crippen LogP) is 2.16. The van der Waals surface area contributed by atoms with Gasteiger partial charge in [0.1, 0.15) is 0 Å². The first-order valence-electron chi connectivity index (χ1n) is 7.51. The first-order valence-corrected chi connectivity index (χ1v) is 9.34. The van der Waals surface area contributed by atoms with Crippen LogP contribution in [0.15, 0.2) is 24.3 Å². The van der Waals surface area contributed by atoms with Crippen LogP contribution in [-0.2, 0) is 9.59 Å². The molecule has 132 valence electrons. The fraction of sp³-hybridized carbons (Fsp3) is 0.400. The van der Waals surface area contributed by atoms with Gasteiger partial charge in [-0.15, -0.1) is 0 Å². The molecule has 0 spiro atoms. The minimum atomic E-state index is -0.741. The van der Waals surface area contributed by atoms with E-state index in [9.17, 15) is 24.5 Å². The number of carbonyl (C=O) groups is 3. The Balaban J connectivity index is 1.78. The number of hydrazine groups is 1. The molecule has 1 aliphatic carbocycles. The molecule has 25 heavy (non-hydrogen) atoms. The normalized spacial score (nSPS) is 28.6. The van der Waals surface area contributed by atoms with Crippen LogP contribution in [0.1, 0.15) is 23.2 Å². The first-order chi connectivity index (χ1) is 11.8. The number of halogens is 2. The second kappa shape index (κ2) is 6.83. The standard InChI is InChI=1S/C15H13Br2N3O5/c16-11-5-9-10(6-12(11)17)15(23)19(14(9)22)18-13(21)7-2-1-3-8(4-7)20(24)25/h1-4,9-12H,5-6H2,(H,18,21)/t9-,10-,11+,12+/m1/s1. The summed E-state index contributed by atoms with van der Waals surface area (Å²) in [7, 11) is 0. The van der Waals surface area contributed by atoms with E-state index in [-0.39, 0.29) is 20.9 Å². The summed E-state index contributed by atoms with van der Waals surface area (Å²) in [5.41, 5.74) is 2.04. The SMILES string of the molecule is O=C(NN1C(=O)[C@@H]2C[C@H](Br)[C@@H](Br)C[C@H]2C1=O)c1cccc([N+](=O)[O-])c1. The number of benzene rings is 1. The van der Waals surface area contributed by atoms with E-state index in [1.165, 1.54) is 18.2 Å². The van der Waals surface area contributed by atoms with Gasteiger partial charge < -0.3 is 0 Å². The number of nitro groups is 1. The zero-order chi connectivity index (χ0) is 18.3. The number of imide groups is 1. The highest BCUT2D eigenvalue weighted by molar-refractivity contribution is 9.12. The second-order valence-electron chi connectivity index (χ2n) is 5.98. The number of hydrogen-bond acceptors (Lipinski definition) is 5. The second-order valence-corrected chi connectivity index (χ2v) is 8.33. The summed E-state index contributed by atoms with van der Waals surface area (Å²) in [6.07, 6.45) is 0.989. The van der Waals surface area contributed by atoms with E-state index in [0.717, 1.165) is 11.1 Å². The summed E-state index contributed by atoms with van der Waals surface area (Å²) in [6.45, 7) is 0. The molecule has 4 atom stereocenters. The zero-order valence-electron chi connectivity index (χ0n) is 12.7. The molecular formula is C15H13Br2N3O5. The van der Waals surface area contributed by atoms with Crippen LogP contribution in [-0.4, -0.2) is 37.3 Å². The van der Waals surface area contributed by atoms with E-state index in [4.69, 9.17) is 0 Å². The summed E-state index contributed by atoms with van der Waals surface area (Å²) in [5, 5.41) is 11.6. The molecule has 1 saturated carbocycles. The topological polar surface area (TPSA) is 110 Å². The maximum atomic E-state index is 12.5. The van der Waals surface area contributed by atoms with Crippen molar-refractivity contribution in [3.8, 4) is 0 Å². The van der Waals surface area contributed by atoms with Crippen LogP contribution in [0.5, 0.6) is 0 Å². The van der Waals surface area contributed by atoms with Crippen LogP contribution >= 0.6 is 31.9 Å². The third-order valence-corrected chi connectivity index (χ3v) is 7.18. The van der Waals surface area contributed by atoms with Crippen LogP contribution < -0.4 is 5.43 Å². The highest BCUT2D eigenvalue weighted by Gasteiger charge is 2.52. The highest BCUT2D eigenvalue weighted by atomic mass is 79.9. The van der Waals surface area contributed by atoms with Crippen LogP contribution in [0.25, 0.3) is 0 Å². The van der Waals surface area contributed by atoms with Crippen molar-refractivity contribution < 1.29 is 19.3 Å². The number of alkyl halides is 2. The lowest BCUT2D eigenvalue weighted by molar-refractivity contribution is -0.384. The molecule has 10 heteroatoms. The third kappa shape index (κ3) is 3.32. The summed E-state index contributed by atoms with van der Waals surface area (Å²) >= 11 is 6.97. The number of rotatable bonds is 3. The van der Waals surface area contributed by atoms with Crippen molar-refractivity contribution in [2.75, 3.05) is 0 Å². The molecule has 2 aliphatic rings. The number of amides is 3. The number of nitro benzene ring substituents is 1. The molecule has 3 rings (SSSR count). The van der Waals surface area contributed by atoms with E-state index in [2.05, 4.69) is 37.3 Å². The summed E-state index contributed by atoms with van der Waals surface area (Å²) in [4.78, 5) is 47.6. The Morgan fingerprint density at radius 3 is 2.24 bits per heavy atom. The van der Waals surface area contributed by atoms with Gasteiger partial charge in [0.05, 0.1) is 16.8 Å². The largest absolute Gasteiger partial charge is 0.272 e. The monoisotopic (exact) mass is 473 g/mol. The number of nitrogens with zero attached hydrogens (tertiary/aromatic N) is 2. The Kier molecular flexibility index (Phi) is 4.92. The molecule has 1 aliphatic heterocycles. The van der Waals surface area contributed by atoms with E-state index < -0.39 is 34.5 Å². The van der Waals surface area contributed by atoms with Gasteiger partial charge >= 0.3 is 0 Å². The van der Waals surface area contributed by atoms with Gasteiger partial charge in [-0.3, -0.25) is 29.9 Å². The summed E-state index contributed by atoms with van der Waals surface area (Å²) in [5.74, 6) is -2.59. The molecule has 3 amide bonds. The van der Waals surface area contributed by atoms with Gasteiger partial charge in [-0.2, -0.15) is 5.01 Å². The van der Waals surface area contributed by atoms with Crippen molar-refractivity contribution in [3.63, 3.8) is 0 Å². The third-order valence-electron chi connectivity index (χ3n) is 4.44. The average Bonchev–Trinajstić information content (AvgIpc) is 2.80. The Morgan fingerprint density at radius 2 is 1.72 bits per heavy atom. The van der Waals surface area contributed by atoms with Crippen LogP contribution in [0, 0.1) is 22.0 Å². The molecule has 2 fully saturated rings. The van der Waals surface area contributed by atoms with Gasteiger partial charge in [0, 0.05) is 27.4 Å². The Morgan fingerprint density at radius 1 is 1.16 bits per heavy atom.